The van der Waals surface area contributed by atoms with Gasteiger partial charge in [-0.3, -0.25) is 0 Å². The number of aryl methyl sites for hydroxylation is 1. The maximum Gasteiger partial charge on any atom is 0.336 e. The first-order valence-corrected chi connectivity index (χ1v) is 14.3. The van der Waals surface area contributed by atoms with Gasteiger partial charge in [-0.1, -0.05) is 60.2 Å². The van der Waals surface area contributed by atoms with Crippen molar-refractivity contribution in [2.45, 2.75) is 24.3 Å². The van der Waals surface area contributed by atoms with Crippen LogP contribution in [0.1, 0.15) is 11.1 Å². The maximum absolute atomic E-state index is 13.4. The minimum absolute atomic E-state index is 0.0347. The molecule has 0 unspecified atom stereocenters. The SMILES string of the molecule is COc1ccc(-c2cc(=O)oc3cc(OC(=O)[C@H](Cc4ccccc4)NS(=O)(=O)c4ccc(C)cc4)ccc23)cc1. The van der Waals surface area contributed by atoms with Gasteiger partial charge in [-0.15, -0.1) is 0 Å². The van der Waals surface area contributed by atoms with Crippen LogP contribution in [0, 0.1) is 6.92 Å². The minimum atomic E-state index is -4.03. The van der Waals surface area contributed by atoms with Gasteiger partial charge < -0.3 is 13.9 Å². The molecule has 8 nitrogen and oxygen atoms in total. The normalized spacial score (nSPS) is 12.1. The number of fused-ring (bicyclic) bond motifs is 1. The molecule has 0 aliphatic rings. The van der Waals surface area contributed by atoms with Gasteiger partial charge in [-0.2, -0.15) is 4.72 Å². The summed E-state index contributed by atoms with van der Waals surface area (Å²) >= 11 is 0. The van der Waals surface area contributed by atoms with Gasteiger partial charge in [0.2, 0.25) is 10.0 Å². The molecule has 0 aliphatic carbocycles. The predicted octanol–water partition coefficient (Wildman–Crippen LogP) is 5.27. The molecule has 5 rings (SSSR count). The molecule has 0 saturated carbocycles. The fraction of sp³-hybridized carbons (Fsp3) is 0.125. The highest BCUT2D eigenvalue weighted by Gasteiger charge is 2.28. The molecule has 0 bridgehead atoms. The molecule has 0 spiro atoms. The summed E-state index contributed by atoms with van der Waals surface area (Å²) in [5.74, 6) is -0.0269. The molecule has 208 valence electrons. The average Bonchev–Trinajstić information content (AvgIpc) is 2.97. The lowest BCUT2D eigenvalue weighted by Gasteiger charge is -2.18. The van der Waals surface area contributed by atoms with Crippen molar-refractivity contribution in [2.24, 2.45) is 0 Å². The van der Waals surface area contributed by atoms with E-state index in [-0.39, 0.29) is 22.6 Å². The Morgan fingerprint density at radius 1 is 0.878 bits per heavy atom. The molecule has 9 heteroatoms. The third-order valence-electron chi connectivity index (χ3n) is 6.53. The Hall–Kier alpha value is -4.73. The van der Waals surface area contributed by atoms with E-state index in [1.807, 2.05) is 25.1 Å². The zero-order chi connectivity index (χ0) is 29.0. The zero-order valence-corrected chi connectivity index (χ0v) is 23.2. The minimum Gasteiger partial charge on any atom is -0.497 e. The van der Waals surface area contributed by atoms with E-state index in [1.165, 1.54) is 24.3 Å². The molecule has 0 radical (unpaired) electrons. The summed E-state index contributed by atoms with van der Waals surface area (Å²) in [6.45, 7) is 1.85. The number of nitrogens with one attached hydrogen (secondary N) is 1. The molecule has 4 aromatic carbocycles. The van der Waals surface area contributed by atoms with E-state index in [4.69, 9.17) is 13.9 Å². The Kier molecular flexibility index (Phi) is 8.00. The third-order valence-corrected chi connectivity index (χ3v) is 8.02. The van der Waals surface area contributed by atoms with Crippen molar-refractivity contribution in [2.75, 3.05) is 7.11 Å². The monoisotopic (exact) mass is 569 g/mol. The van der Waals surface area contributed by atoms with Crippen molar-refractivity contribution >= 4 is 27.0 Å². The highest BCUT2D eigenvalue weighted by molar-refractivity contribution is 7.89. The third kappa shape index (κ3) is 6.54. The molecular formula is C32H27NO7S. The summed E-state index contributed by atoms with van der Waals surface area (Å²) in [6, 6.07) is 27.5. The van der Waals surface area contributed by atoms with Crippen molar-refractivity contribution < 1.29 is 27.1 Å². The number of esters is 1. The van der Waals surface area contributed by atoms with Crippen molar-refractivity contribution in [3.63, 3.8) is 0 Å². The van der Waals surface area contributed by atoms with Crippen LogP contribution < -0.4 is 19.8 Å². The van der Waals surface area contributed by atoms with Gasteiger partial charge in [-0.05, 0) is 66.4 Å². The van der Waals surface area contributed by atoms with Gasteiger partial charge in [-0.25, -0.2) is 18.0 Å². The first-order valence-electron chi connectivity index (χ1n) is 12.8. The van der Waals surface area contributed by atoms with Crippen LogP contribution in [-0.4, -0.2) is 27.5 Å². The standard InChI is InChI=1S/C32H27NO7S/c1-21-8-15-26(16-9-21)41(36,37)33-29(18-22-6-4-3-5-7-22)32(35)39-25-14-17-27-28(20-31(34)40-30(27)19-25)23-10-12-24(38-2)13-11-23/h3-17,19-20,29,33H,18H2,1-2H3/t29-/m0/s1. The summed E-state index contributed by atoms with van der Waals surface area (Å²) in [6.07, 6.45) is 0.0645. The van der Waals surface area contributed by atoms with Gasteiger partial charge in [0, 0.05) is 17.5 Å². The van der Waals surface area contributed by atoms with Gasteiger partial charge in [0.25, 0.3) is 0 Å². The molecule has 1 heterocycles. The largest absolute Gasteiger partial charge is 0.497 e. The Morgan fingerprint density at radius 2 is 1.56 bits per heavy atom. The quantitative estimate of drug-likeness (QED) is 0.146. The lowest BCUT2D eigenvalue weighted by molar-refractivity contribution is -0.136. The van der Waals surface area contributed by atoms with E-state index in [9.17, 15) is 18.0 Å². The molecule has 5 aromatic rings. The molecule has 41 heavy (non-hydrogen) atoms. The Balaban J connectivity index is 1.44. The summed E-state index contributed by atoms with van der Waals surface area (Å²) in [4.78, 5) is 25.8. The highest BCUT2D eigenvalue weighted by Crippen LogP contribution is 2.31. The smallest absolute Gasteiger partial charge is 0.336 e. The van der Waals surface area contributed by atoms with Gasteiger partial charge in [0.05, 0.1) is 12.0 Å². The fourth-order valence-corrected chi connectivity index (χ4v) is 5.58. The van der Waals surface area contributed by atoms with Crippen molar-refractivity contribution in [3.05, 3.63) is 125 Å². The number of sulfonamides is 1. The van der Waals surface area contributed by atoms with E-state index in [2.05, 4.69) is 4.72 Å². The fourth-order valence-electron chi connectivity index (χ4n) is 4.40. The van der Waals surface area contributed by atoms with Crippen LogP contribution in [0.3, 0.4) is 0 Å². The van der Waals surface area contributed by atoms with Crippen LogP contribution in [0.4, 0.5) is 0 Å². The maximum atomic E-state index is 13.4. The Bertz CT molecular complexity index is 1850. The molecular weight excluding hydrogens is 542 g/mol. The van der Waals surface area contributed by atoms with E-state index in [0.717, 1.165) is 16.7 Å². The van der Waals surface area contributed by atoms with Gasteiger partial charge in [0.1, 0.15) is 23.1 Å². The number of rotatable bonds is 9. The van der Waals surface area contributed by atoms with Crippen LogP contribution in [0.5, 0.6) is 11.5 Å². The van der Waals surface area contributed by atoms with E-state index in [0.29, 0.717) is 16.7 Å². The predicted molar refractivity (Wildman–Crippen MR) is 156 cm³/mol. The molecule has 1 N–H and O–H groups in total. The van der Waals surface area contributed by atoms with E-state index < -0.39 is 27.7 Å². The topological polar surface area (TPSA) is 112 Å². The molecule has 0 fully saturated rings. The number of carbonyl (C=O) groups excluding carboxylic acids is 1. The van der Waals surface area contributed by atoms with Crippen LogP contribution in [0.25, 0.3) is 22.1 Å². The number of benzene rings is 4. The molecule has 0 aliphatic heterocycles. The average molecular weight is 570 g/mol. The number of hydrogen-bond acceptors (Lipinski definition) is 7. The second-order valence-corrected chi connectivity index (χ2v) is 11.2. The van der Waals surface area contributed by atoms with Crippen LogP contribution in [0.15, 0.2) is 117 Å². The van der Waals surface area contributed by atoms with Gasteiger partial charge in [0.15, 0.2) is 0 Å². The lowest BCUT2D eigenvalue weighted by atomic mass is 10.0. The van der Waals surface area contributed by atoms with E-state index >= 15 is 0 Å². The molecule has 1 aromatic heterocycles. The summed E-state index contributed by atoms with van der Waals surface area (Å²) in [5.41, 5.74) is 2.72. The van der Waals surface area contributed by atoms with Crippen LogP contribution in [-0.2, 0) is 21.2 Å². The number of methoxy groups -OCH3 is 1. The number of hydrogen-bond donors (Lipinski definition) is 1. The summed E-state index contributed by atoms with van der Waals surface area (Å²) in [7, 11) is -2.46. The second kappa shape index (κ2) is 11.8. The molecule has 0 saturated heterocycles. The molecule has 0 amide bonds. The first-order chi connectivity index (χ1) is 19.7. The van der Waals surface area contributed by atoms with E-state index in [1.54, 1.807) is 67.8 Å². The van der Waals surface area contributed by atoms with Crippen molar-refractivity contribution in [1.82, 2.24) is 4.72 Å². The van der Waals surface area contributed by atoms with Crippen LogP contribution >= 0.6 is 0 Å². The van der Waals surface area contributed by atoms with Crippen LogP contribution in [0.2, 0.25) is 0 Å². The Labute approximate surface area is 237 Å². The summed E-state index contributed by atoms with van der Waals surface area (Å²) in [5, 5.41) is 0.635. The zero-order valence-electron chi connectivity index (χ0n) is 22.4. The molecule has 1 atom stereocenters. The van der Waals surface area contributed by atoms with Gasteiger partial charge >= 0.3 is 11.6 Å². The Morgan fingerprint density at radius 3 is 2.24 bits per heavy atom. The second-order valence-electron chi connectivity index (χ2n) is 9.46. The first kappa shape index (κ1) is 27.8. The summed E-state index contributed by atoms with van der Waals surface area (Å²) < 4.78 is 45.1. The number of carbonyl (C=O) groups is 1. The lowest BCUT2D eigenvalue weighted by Crippen LogP contribution is -2.44. The van der Waals surface area contributed by atoms with Crippen molar-refractivity contribution in [1.29, 1.82) is 0 Å². The highest BCUT2D eigenvalue weighted by atomic mass is 32.2. The number of ether oxygens (including phenoxy) is 2. The van der Waals surface area contributed by atoms with Crippen molar-refractivity contribution in [3.8, 4) is 22.6 Å².